The lowest BCUT2D eigenvalue weighted by molar-refractivity contribution is 0.632. The molecule has 0 aromatic carbocycles. The van der Waals surface area contributed by atoms with Crippen LogP contribution in [0.1, 0.15) is 24.1 Å². The minimum Gasteiger partial charge on any atom is -0.355 e. The second kappa shape index (κ2) is 8.11. The van der Waals surface area contributed by atoms with E-state index in [0.29, 0.717) is 6.54 Å². The first-order valence-corrected chi connectivity index (χ1v) is 7.46. The van der Waals surface area contributed by atoms with Crippen LogP contribution in [0.3, 0.4) is 0 Å². The van der Waals surface area contributed by atoms with Crippen molar-refractivity contribution in [2.45, 2.75) is 33.4 Å². The summed E-state index contributed by atoms with van der Waals surface area (Å²) in [5.41, 5.74) is 2.01. The predicted molar refractivity (Wildman–Crippen MR) is 86.6 cm³/mol. The van der Waals surface area contributed by atoms with Crippen LogP contribution in [-0.2, 0) is 19.5 Å². The smallest absolute Gasteiger partial charge is 0.191 e. The quantitative estimate of drug-likeness (QED) is 0.612. The van der Waals surface area contributed by atoms with E-state index in [1.54, 1.807) is 13.4 Å². The number of nitrogens with one attached hydrogen (secondary N) is 2. The van der Waals surface area contributed by atoms with E-state index in [1.807, 2.05) is 29.7 Å². The largest absolute Gasteiger partial charge is 0.355 e. The molecular weight excluding hydrogens is 278 g/mol. The summed E-state index contributed by atoms with van der Waals surface area (Å²) in [6, 6.07) is 5.99. The fourth-order valence-electron chi connectivity index (χ4n) is 2.13. The number of aliphatic imine (C=N–C) groups is 1. The molecule has 7 nitrogen and oxygen atoms in total. The number of hydrogen-bond donors (Lipinski definition) is 2. The lowest BCUT2D eigenvalue weighted by atomic mass is 10.3. The Labute approximate surface area is 130 Å². The molecule has 2 aromatic heterocycles. The van der Waals surface area contributed by atoms with Gasteiger partial charge in [-0.2, -0.15) is 0 Å². The molecule has 22 heavy (non-hydrogen) atoms. The van der Waals surface area contributed by atoms with E-state index in [9.17, 15) is 0 Å². The third-order valence-corrected chi connectivity index (χ3v) is 3.26. The van der Waals surface area contributed by atoms with Crippen molar-refractivity contribution in [1.29, 1.82) is 0 Å². The SMILES string of the molecule is CCc1nncn1CCNC(=NC)NCc1cccc(C)n1. The van der Waals surface area contributed by atoms with Crippen molar-refractivity contribution in [2.75, 3.05) is 13.6 Å². The Morgan fingerprint density at radius 3 is 2.91 bits per heavy atom. The van der Waals surface area contributed by atoms with E-state index in [1.165, 1.54) is 0 Å². The molecule has 0 bridgehead atoms. The second-order valence-electron chi connectivity index (χ2n) is 4.92. The number of rotatable bonds is 6. The molecule has 0 atom stereocenters. The predicted octanol–water partition coefficient (Wildman–Crippen LogP) is 0.909. The van der Waals surface area contributed by atoms with Crippen molar-refractivity contribution in [3.63, 3.8) is 0 Å². The van der Waals surface area contributed by atoms with E-state index >= 15 is 0 Å². The van der Waals surface area contributed by atoms with Crippen molar-refractivity contribution in [1.82, 2.24) is 30.4 Å². The first kappa shape index (κ1) is 15.9. The van der Waals surface area contributed by atoms with Gasteiger partial charge in [-0.25, -0.2) is 0 Å². The van der Waals surface area contributed by atoms with Crippen molar-refractivity contribution < 1.29 is 0 Å². The summed E-state index contributed by atoms with van der Waals surface area (Å²) >= 11 is 0. The maximum atomic E-state index is 4.46. The van der Waals surface area contributed by atoms with Gasteiger partial charge in [0.15, 0.2) is 5.96 Å². The van der Waals surface area contributed by atoms with Crippen molar-refractivity contribution in [3.05, 3.63) is 41.7 Å². The number of guanidine groups is 1. The Balaban J connectivity index is 1.78. The highest BCUT2D eigenvalue weighted by Crippen LogP contribution is 1.97. The molecule has 2 aromatic rings. The Bertz CT molecular complexity index is 618. The van der Waals surface area contributed by atoms with Gasteiger partial charge in [-0.1, -0.05) is 13.0 Å². The van der Waals surface area contributed by atoms with Gasteiger partial charge in [0.2, 0.25) is 0 Å². The molecule has 0 fully saturated rings. The molecule has 0 aliphatic heterocycles. The molecule has 7 heteroatoms. The third kappa shape index (κ3) is 4.54. The molecule has 0 aliphatic rings. The van der Waals surface area contributed by atoms with Gasteiger partial charge < -0.3 is 15.2 Å². The van der Waals surface area contributed by atoms with Gasteiger partial charge in [-0.3, -0.25) is 9.98 Å². The van der Waals surface area contributed by atoms with Crippen LogP contribution in [0, 0.1) is 6.92 Å². The van der Waals surface area contributed by atoms with Gasteiger partial charge in [0.1, 0.15) is 12.2 Å². The summed E-state index contributed by atoms with van der Waals surface area (Å²) in [5, 5.41) is 14.5. The minimum atomic E-state index is 0.647. The summed E-state index contributed by atoms with van der Waals surface area (Å²) in [7, 11) is 1.76. The number of aryl methyl sites for hydroxylation is 2. The molecule has 118 valence electrons. The lowest BCUT2D eigenvalue weighted by Gasteiger charge is -2.12. The molecule has 0 saturated carbocycles. The van der Waals surface area contributed by atoms with Crippen molar-refractivity contribution >= 4 is 5.96 Å². The third-order valence-electron chi connectivity index (χ3n) is 3.26. The van der Waals surface area contributed by atoms with E-state index < -0.39 is 0 Å². The molecule has 2 heterocycles. The summed E-state index contributed by atoms with van der Waals surface area (Å²) in [6.07, 6.45) is 2.64. The summed E-state index contributed by atoms with van der Waals surface area (Å²) in [6.45, 7) is 6.27. The molecule has 2 N–H and O–H groups in total. The normalized spacial score (nSPS) is 11.5. The van der Waals surface area contributed by atoms with Crippen LogP contribution in [0.2, 0.25) is 0 Å². The molecular formula is C15H23N7. The lowest BCUT2D eigenvalue weighted by Crippen LogP contribution is -2.38. The molecule has 0 spiro atoms. The summed E-state index contributed by atoms with van der Waals surface area (Å²) < 4.78 is 2.04. The van der Waals surface area contributed by atoms with Crippen LogP contribution in [0.5, 0.6) is 0 Å². The molecule has 2 rings (SSSR count). The summed E-state index contributed by atoms with van der Waals surface area (Å²) in [5.74, 6) is 1.75. The zero-order chi connectivity index (χ0) is 15.8. The Hall–Kier alpha value is -2.44. The minimum absolute atomic E-state index is 0.647. The highest BCUT2D eigenvalue weighted by molar-refractivity contribution is 5.79. The van der Waals surface area contributed by atoms with Gasteiger partial charge in [-0.15, -0.1) is 10.2 Å². The number of pyridine rings is 1. The number of nitrogens with zero attached hydrogens (tertiary/aromatic N) is 5. The highest BCUT2D eigenvalue weighted by Gasteiger charge is 2.02. The molecule has 0 aliphatic carbocycles. The van der Waals surface area contributed by atoms with Crippen molar-refractivity contribution in [3.8, 4) is 0 Å². The summed E-state index contributed by atoms with van der Waals surface area (Å²) in [4.78, 5) is 8.67. The monoisotopic (exact) mass is 301 g/mol. The van der Waals surface area contributed by atoms with Gasteiger partial charge >= 0.3 is 0 Å². The van der Waals surface area contributed by atoms with Gasteiger partial charge in [0.05, 0.1) is 12.2 Å². The molecule has 0 unspecified atom stereocenters. The van der Waals surface area contributed by atoms with Crippen LogP contribution < -0.4 is 10.6 Å². The zero-order valence-electron chi connectivity index (χ0n) is 13.4. The average molecular weight is 301 g/mol. The Kier molecular flexibility index (Phi) is 5.88. The van der Waals surface area contributed by atoms with E-state index in [-0.39, 0.29) is 0 Å². The average Bonchev–Trinajstić information content (AvgIpc) is 2.98. The van der Waals surface area contributed by atoms with Crippen molar-refractivity contribution in [2.24, 2.45) is 4.99 Å². The maximum Gasteiger partial charge on any atom is 0.191 e. The van der Waals surface area contributed by atoms with E-state index in [2.05, 4.69) is 37.7 Å². The highest BCUT2D eigenvalue weighted by atomic mass is 15.3. The van der Waals surface area contributed by atoms with Crippen LogP contribution in [0.15, 0.2) is 29.5 Å². The Morgan fingerprint density at radius 2 is 2.18 bits per heavy atom. The Morgan fingerprint density at radius 1 is 1.32 bits per heavy atom. The number of hydrogen-bond acceptors (Lipinski definition) is 4. The van der Waals surface area contributed by atoms with Gasteiger partial charge in [0.25, 0.3) is 0 Å². The van der Waals surface area contributed by atoms with Crippen LogP contribution in [-0.4, -0.2) is 39.3 Å². The standard InChI is InChI=1S/C15H23N7/c1-4-14-21-19-11-22(14)9-8-17-15(16-3)18-10-13-7-5-6-12(2)20-13/h5-7,11H,4,8-10H2,1-3H3,(H2,16,17,18). The molecule has 0 radical (unpaired) electrons. The van der Waals surface area contributed by atoms with E-state index in [4.69, 9.17) is 0 Å². The topological polar surface area (TPSA) is 80.0 Å². The fraction of sp³-hybridized carbons (Fsp3) is 0.467. The van der Waals surface area contributed by atoms with Gasteiger partial charge in [0, 0.05) is 32.3 Å². The van der Waals surface area contributed by atoms with Crippen LogP contribution >= 0.6 is 0 Å². The molecule has 0 saturated heterocycles. The second-order valence-corrected chi connectivity index (χ2v) is 4.92. The van der Waals surface area contributed by atoms with Gasteiger partial charge in [-0.05, 0) is 19.1 Å². The van der Waals surface area contributed by atoms with E-state index in [0.717, 1.165) is 42.7 Å². The van der Waals surface area contributed by atoms with Crippen LogP contribution in [0.25, 0.3) is 0 Å². The molecule has 0 amide bonds. The van der Waals surface area contributed by atoms with Crippen LogP contribution in [0.4, 0.5) is 0 Å². The zero-order valence-corrected chi connectivity index (χ0v) is 13.4. The maximum absolute atomic E-state index is 4.46. The first-order chi connectivity index (χ1) is 10.7. The number of aromatic nitrogens is 4. The fourth-order valence-corrected chi connectivity index (χ4v) is 2.13. The first-order valence-electron chi connectivity index (χ1n) is 7.46.